The Kier molecular flexibility index (Phi) is 7.94. The first-order valence-electron chi connectivity index (χ1n) is 12.2. The van der Waals surface area contributed by atoms with Crippen LogP contribution in [0.4, 0.5) is 0 Å². The number of phenols is 1. The third kappa shape index (κ3) is 5.93. The van der Waals surface area contributed by atoms with Crippen LogP contribution in [0.3, 0.4) is 0 Å². The van der Waals surface area contributed by atoms with Crippen LogP contribution in [-0.2, 0) is 21.4 Å². The van der Waals surface area contributed by atoms with Gasteiger partial charge in [0.25, 0.3) is 5.91 Å². The fraction of sp³-hybridized carbons (Fsp3) is 0.200. The van der Waals surface area contributed by atoms with E-state index in [4.69, 9.17) is 0 Å². The summed E-state index contributed by atoms with van der Waals surface area (Å²) in [7, 11) is -4.01. The molecule has 0 saturated heterocycles. The molecule has 0 saturated carbocycles. The van der Waals surface area contributed by atoms with Gasteiger partial charge in [0.1, 0.15) is 5.75 Å². The molecule has 38 heavy (non-hydrogen) atoms. The zero-order valence-electron chi connectivity index (χ0n) is 21.9. The second-order valence-electron chi connectivity index (χ2n) is 9.50. The van der Waals surface area contributed by atoms with E-state index in [0.29, 0.717) is 16.7 Å². The highest BCUT2D eigenvalue weighted by Crippen LogP contribution is 2.27. The van der Waals surface area contributed by atoms with Crippen LogP contribution in [0.25, 0.3) is 10.8 Å². The van der Waals surface area contributed by atoms with Gasteiger partial charge >= 0.3 is 0 Å². The van der Waals surface area contributed by atoms with Crippen LogP contribution in [0.15, 0.2) is 82.8 Å². The maximum absolute atomic E-state index is 13.9. The number of hydrogen-bond donors (Lipinski definition) is 2. The Bertz CT molecular complexity index is 1600. The molecule has 0 unspecified atom stereocenters. The molecule has 0 aromatic heterocycles. The van der Waals surface area contributed by atoms with Crippen molar-refractivity contribution in [3.8, 4) is 5.75 Å². The minimum atomic E-state index is -4.01. The molecule has 4 aromatic rings. The summed E-state index contributed by atoms with van der Waals surface area (Å²) in [5.41, 5.74) is 6.91. The lowest BCUT2D eigenvalue weighted by Gasteiger charge is -2.24. The number of amides is 1. The zero-order valence-corrected chi connectivity index (χ0v) is 22.7. The summed E-state index contributed by atoms with van der Waals surface area (Å²) in [5, 5.41) is 16.0. The number of aryl methyl sites for hydroxylation is 4. The van der Waals surface area contributed by atoms with Crippen molar-refractivity contribution in [3.05, 3.63) is 106 Å². The number of carbonyl (C=O) groups is 1. The summed E-state index contributed by atoms with van der Waals surface area (Å²) in [6, 6.07) is 22.0. The fourth-order valence-corrected chi connectivity index (χ4v) is 6.41. The lowest BCUT2D eigenvalue weighted by molar-refractivity contribution is -0.121. The second kappa shape index (κ2) is 11.2. The maximum Gasteiger partial charge on any atom is 0.255 e. The van der Waals surface area contributed by atoms with Crippen molar-refractivity contribution in [2.75, 3.05) is 6.54 Å². The average molecular weight is 530 g/mol. The van der Waals surface area contributed by atoms with Gasteiger partial charge in [-0.25, -0.2) is 13.8 Å². The lowest BCUT2D eigenvalue weighted by Crippen LogP contribution is -2.39. The highest BCUT2D eigenvalue weighted by atomic mass is 32.2. The molecule has 0 spiro atoms. The van der Waals surface area contributed by atoms with Crippen molar-refractivity contribution >= 4 is 32.9 Å². The first kappa shape index (κ1) is 27.0. The van der Waals surface area contributed by atoms with Crippen LogP contribution in [0.1, 0.15) is 33.4 Å². The Morgan fingerprint density at radius 1 is 0.921 bits per heavy atom. The SMILES string of the molecule is Cc1ccc(CN(CC(=O)N/N=C/c2c(O)ccc3ccccc23)S(=O)(=O)c2c(C)cc(C)cc2C)cc1. The molecular formula is C30H31N3O4S. The Morgan fingerprint density at radius 3 is 2.26 bits per heavy atom. The molecule has 4 rings (SSSR count). The highest BCUT2D eigenvalue weighted by molar-refractivity contribution is 7.89. The van der Waals surface area contributed by atoms with Crippen LogP contribution >= 0.6 is 0 Å². The highest BCUT2D eigenvalue weighted by Gasteiger charge is 2.30. The van der Waals surface area contributed by atoms with Crippen LogP contribution < -0.4 is 5.43 Å². The van der Waals surface area contributed by atoms with Gasteiger partial charge in [0.2, 0.25) is 10.0 Å². The number of hydrazone groups is 1. The van der Waals surface area contributed by atoms with E-state index in [2.05, 4.69) is 10.5 Å². The van der Waals surface area contributed by atoms with Crippen molar-refractivity contribution in [2.45, 2.75) is 39.1 Å². The van der Waals surface area contributed by atoms with Gasteiger partial charge in [-0.1, -0.05) is 77.9 Å². The van der Waals surface area contributed by atoms with Gasteiger partial charge in [-0.15, -0.1) is 0 Å². The monoisotopic (exact) mass is 529 g/mol. The third-order valence-electron chi connectivity index (χ3n) is 6.33. The summed E-state index contributed by atoms with van der Waals surface area (Å²) >= 11 is 0. The number of benzene rings is 4. The standard InChI is InChI=1S/C30H31N3O4S/c1-20-9-11-24(12-10-20)18-33(38(36,37)30-22(3)15-21(2)16-23(30)4)19-29(35)32-31-17-27-26-8-6-5-7-25(26)13-14-28(27)34/h5-17,34H,18-19H2,1-4H3,(H,32,35)/b31-17+. The Hall–Kier alpha value is -4.01. The van der Waals surface area contributed by atoms with E-state index in [9.17, 15) is 18.3 Å². The van der Waals surface area contributed by atoms with Crippen molar-refractivity contribution in [1.29, 1.82) is 0 Å². The van der Waals surface area contributed by atoms with Gasteiger partial charge in [0, 0.05) is 12.1 Å². The third-order valence-corrected chi connectivity index (χ3v) is 8.43. The van der Waals surface area contributed by atoms with Gasteiger partial charge in [-0.05, 0) is 61.2 Å². The molecule has 0 fully saturated rings. The molecule has 0 atom stereocenters. The molecule has 7 nitrogen and oxygen atoms in total. The lowest BCUT2D eigenvalue weighted by atomic mass is 10.0. The summed E-state index contributed by atoms with van der Waals surface area (Å²) in [5.74, 6) is -0.574. The molecule has 8 heteroatoms. The molecule has 2 N–H and O–H groups in total. The van der Waals surface area contributed by atoms with Gasteiger partial charge in [0.15, 0.2) is 0 Å². The molecular weight excluding hydrogens is 498 g/mol. The summed E-state index contributed by atoms with van der Waals surface area (Å²) in [6.07, 6.45) is 1.36. The molecule has 0 bridgehead atoms. The largest absolute Gasteiger partial charge is 0.507 e. The topological polar surface area (TPSA) is 99.1 Å². The van der Waals surface area contributed by atoms with E-state index in [0.717, 1.165) is 27.5 Å². The van der Waals surface area contributed by atoms with Crippen LogP contribution in [0, 0.1) is 27.7 Å². The minimum Gasteiger partial charge on any atom is -0.507 e. The first-order chi connectivity index (χ1) is 18.1. The second-order valence-corrected chi connectivity index (χ2v) is 11.4. The van der Waals surface area contributed by atoms with Crippen LogP contribution in [0.5, 0.6) is 5.75 Å². The molecule has 0 radical (unpaired) electrons. The molecule has 0 heterocycles. The molecule has 0 aliphatic heterocycles. The number of sulfonamides is 1. The first-order valence-corrected chi connectivity index (χ1v) is 13.7. The molecule has 0 aliphatic rings. The van der Waals surface area contributed by atoms with Crippen molar-refractivity contribution in [2.24, 2.45) is 5.10 Å². The maximum atomic E-state index is 13.9. The number of aromatic hydroxyl groups is 1. The Labute approximate surface area is 223 Å². The number of phenolic OH excluding ortho intramolecular Hbond substituents is 1. The normalized spacial score (nSPS) is 11.9. The van der Waals surface area contributed by atoms with Crippen molar-refractivity contribution in [1.82, 2.24) is 9.73 Å². The number of fused-ring (bicyclic) bond motifs is 1. The van der Waals surface area contributed by atoms with E-state index in [1.54, 1.807) is 26.0 Å². The summed E-state index contributed by atoms with van der Waals surface area (Å²) in [4.78, 5) is 13.1. The number of rotatable bonds is 8. The Balaban J connectivity index is 1.61. The predicted octanol–water partition coefficient (Wildman–Crippen LogP) is 5.12. The predicted molar refractivity (Wildman–Crippen MR) is 151 cm³/mol. The molecule has 4 aromatic carbocycles. The number of nitrogens with zero attached hydrogens (tertiary/aromatic N) is 2. The van der Waals surface area contributed by atoms with Crippen molar-refractivity contribution in [3.63, 3.8) is 0 Å². The quantitative estimate of drug-likeness (QED) is 0.244. The van der Waals surface area contributed by atoms with Gasteiger partial charge in [-0.2, -0.15) is 9.41 Å². The van der Waals surface area contributed by atoms with E-state index < -0.39 is 22.5 Å². The van der Waals surface area contributed by atoms with Crippen molar-refractivity contribution < 1.29 is 18.3 Å². The van der Waals surface area contributed by atoms with E-state index >= 15 is 0 Å². The average Bonchev–Trinajstić information content (AvgIpc) is 2.85. The molecule has 0 aliphatic carbocycles. The number of nitrogens with one attached hydrogen (secondary N) is 1. The molecule has 1 amide bonds. The Morgan fingerprint density at radius 2 is 1.58 bits per heavy atom. The number of hydrogen-bond acceptors (Lipinski definition) is 5. The van der Waals surface area contributed by atoms with Crippen LogP contribution in [-0.4, -0.2) is 36.5 Å². The smallest absolute Gasteiger partial charge is 0.255 e. The zero-order chi connectivity index (χ0) is 27.4. The van der Waals surface area contributed by atoms with E-state index in [-0.39, 0.29) is 17.2 Å². The van der Waals surface area contributed by atoms with Gasteiger partial charge in [0.05, 0.1) is 17.7 Å². The van der Waals surface area contributed by atoms with Crippen LogP contribution in [0.2, 0.25) is 0 Å². The number of carbonyl (C=O) groups excluding carboxylic acids is 1. The van der Waals surface area contributed by atoms with Gasteiger partial charge in [-0.3, -0.25) is 4.79 Å². The van der Waals surface area contributed by atoms with Gasteiger partial charge < -0.3 is 5.11 Å². The van der Waals surface area contributed by atoms with E-state index in [1.807, 2.05) is 74.5 Å². The van der Waals surface area contributed by atoms with E-state index in [1.165, 1.54) is 10.5 Å². The summed E-state index contributed by atoms with van der Waals surface area (Å²) < 4.78 is 28.9. The molecule has 196 valence electrons. The fourth-order valence-electron chi connectivity index (χ4n) is 4.61. The summed E-state index contributed by atoms with van der Waals surface area (Å²) in [6.45, 7) is 6.99. The minimum absolute atomic E-state index is 0.0237.